The normalized spacial score (nSPS) is 24.9. The fourth-order valence-electron chi connectivity index (χ4n) is 5.69. The zero-order valence-corrected chi connectivity index (χ0v) is 23.7. The van der Waals surface area contributed by atoms with E-state index in [1.165, 1.54) is 12.7 Å². The van der Waals surface area contributed by atoms with Crippen molar-refractivity contribution in [3.05, 3.63) is 79.4 Å². The van der Waals surface area contributed by atoms with Crippen LogP contribution in [0.15, 0.2) is 42.5 Å². The Morgan fingerprint density at radius 3 is 1.69 bits per heavy atom. The van der Waals surface area contributed by atoms with Gasteiger partial charge in [-0.3, -0.25) is 9.89 Å². The number of carbonyl (C=O) groups excluding carboxylic acids is 1. The summed E-state index contributed by atoms with van der Waals surface area (Å²) in [6.07, 6.45) is 0. The number of nitrogens with zero attached hydrogens (tertiary/aromatic N) is 1. The number of nitrogens with one attached hydrogen (secondary N) is 1. The molecule has 0 aliphatic heterocycles. The van der Waals surface area contributed by atoms with E-state index in [0.29, 0.717) is 37.7 Å². The summed E-state index contributed by atoms with van der Waals surface area (Å²) in [7, 11) is 1.42. The van der Waals surface area contributed by atoms with Crippen molar-refractivity contribution in [3.63, 3.8) is 0 Å². The van der Waals surface area contributed by atoms with Crippen LogP contribution in [0, 0.1) is 16.7 Å². The number of methoxy groups -OCH3 is 1. The van der Waals surface area contributed by atoms with Crippen LogP contribution in [0.1, 0.15) is 62.3 Å². The maximum absolute atomic E-state index is 11.7. The second-order valence-electron chi connectivity index (χ2n) is 10.7. The fraction of sp³-hybridized carbons (Fsp3) is 0.407. The van der Waals surface area contributed by atoms with Crippen molar-refractivity contribution in [2.24, 2.45) is 16.7 Å². The van der Waals surface area contributed by atoms with Crippen LogP contribution in [0.25, 0.3) is 0 Å². The summed E-state index contributed by atoms with van der Waals surface area (Å²) in [5.41, 5.74) is 8.97. The summed E-state index contributed by atoms with van der Waals surface area (Å²) in [5.74, 6) is 1.13. The number of benzene rings is 2. The number of esters is 1. The van der Waals surface area contributed by atoms with Gasteiger partial charge in [0.05, 0.1) is 13.0 Å². The average molecular weight is 569 g/mol. The number of nitrogen functional groups attached to an aromatic ring is 1. The Hall–Kier alpha value is -1.92. The Morgan fingerprint density at radius 2 is 1.28 bits per heavy atom. The van der Waals surface area contributed by atoms with Crippen LogP contribution >= 0.6 is 46.4 Å². The van der Waals surface area contributed by atoms with Crippen molar-refractivity contribution < 1.29 is 9.53 Å². The van der Waals surface area contributed by atoms with Gasteiger partial charge in [0, 0.05) is 43.7 Å². The zero-order chi connectivity index (χ0) is 26.6. The van der Waals surface area contributed by atoms with E-state index < -0.39 is 0 Å². The maximum atomic E-state index is 11.7. The van der Waals surface area contributed by atoms with Crippen molar-refractivity contribution in [1.29, 1.82) is 0 Å². The van der Waals surface area contributed by atoms with Gasteiger partial charge in [-0.2, -0.15) is 5.10 Å². The molecule has 3 N–H and O–H groups in total. The monoisotopic (exact) mass is 567 g/mol. The summed E-state index contributed by atoms with van der Waals surface area (Å²) in [6, 6.07) is 13.0. The van der Waals surface area contributed by atoms with Crippen LogP contribution in [0.3, 0.4) is 0 Å². The third kappa shape index (κ3) is 5.22. The number of halogens is 4. The number of nitrogens with two attached hydrogens (primary N) is 1. The summed E-state index contributed by atoms with van der Waals surface area (Å²) in [4.78, 5) is 11.7. The minimum atomic E-state index is -0.170. The number of carbonyl (C=O) groups is 1. The van der Waals surface area contributed by atoms with Gasteiger partial charge in [0.1, 0.15) is 5.82 Å². The molecule has 5 nitrogen and oxygen atoms in total. The van der Waals surface area contributed by atoms with Crippen LogP contribution in [0.2, 0.25) is 20.1 Å². The lowest BCUT2D eigenvalue weighted by Crippen LogP contribution is -2.07. The highest BCUT2D eigenvalue weighted by Crippen LogP contribution is 2.70. The van der Waals surface area contributed by atoms with Crippen molar-refractivity contribution in [1.82, 2.24) is 10.2 Å². The van der Waals surface area contributed by atoms with Gasteiger partial charge in [0.15, 0.2) is 0 Å². The van der Waals surface area contributed by atoms with Gasteiger partial charge < -0.3 is 10.5 Å². The average Bonchev–Trinajstić information content (AvgIpc) is 3.44. The van der Waals surface area contributed by atoms with Gasteiger partial charge >= 0.3 is 5.97 Å². The Morgan fingerprint density at radius 1 is 0.806 bits per heavy atom. The lowest BCUT2D eigenvalue weighted by molar-refractivity contribution is -0.143. The van der Waals surface area contributed by atoms with E-state index in [9.17, 15) is 4.79 Å². The van der Waals surface area contributed by atoms with E-state index in [-0.39, 0.29) is 28.6 Å². The van der Waals surface area contributed by atoms with E-state index in [2.05, 4.69) is 24.0 Å². The quantitative estimate of drug-likeness (QED) is 0.311. The number of ether oxygens (including phenoxy) is 1. The smallest absolute Gasteiger partial charge is 0.309 e. The molecule has 3 aromatic rings. The second-order valence-corrected chi connectivity index (χ2v) is 12.5. The molecule has 36 heavy (non-hydrogen) atoms. The highest BCUT2D eigenvalue weighted by atomic mass is 35.5. The van der Waals surface area contributed by atoms with Crippen molar-refractivity contribution in [2.75, 3.05) is 12.8 Å². The SMILES string of the molecule is CC1(C)C(c2cc(Cl)cc(Cl)c2)[C@H]1c1cc(N)n[nH]1.COC(=O)[C@@H]1C(c2cc(Cl)cc(Cl)c2)C1(C)C. The minimum Gasteiger partial charge on any atom is -0.469 e. The number of rotatable bonds is 4. The molecule has 1 heterocycles. The van der Waals surface area contributed by atoms with Gasteiger partial charge in [0.2, 0.25) is 0 Å². The first-order chi connectivity index (χ1) is 16.8. The Bertz CT molecular complexity index is 1260. The number of anilines is 1. The molecular weight excluding hydrogens is 540 g/mol. The van der Waals surface area contributed by atoms with Crippen LogP contribution in [0.5, 0.6) is 0 Å². The van der Waals surface area contributed by atoms with E-state index in [4.69, 9.17) is 56.9 Å². The second kappa shape index (κ2) is 9.75. The Kier molecular flexibility index (Phi) is 7.35. The molecule has 9 heteroatoms. The first kappa shape index (κ1) is 27.1. The molecule has 1 aromatic heterocycles. The number of aromatic amines is 1. The molecule has 0 amide bonds. The molecule has 4 atom stereocenters. The molecule has 2 fully saturated rings. The highest BCUT2D eigenvalue weighted by Gasteiger charge is 2.63. The Labute approximate surface area is 231 Å². The molecule has 2 unspecified atom stereocenters. The molecular formula is C27H29Cl4N3O2. The molecule has 2 aromatic carbocycles. The minimum absolute atomic E-state index is 0.0961. The number of hydrogen-bond donors (Lipinski definition) is 2. The van der Waals surface area contributed by atoms with E-state index in [1.807, 2.05) is 44.2 Å². The van der Waals surface area contributed by atoms with Gasteiger partial charge in [-0.15, -0.1) is 0 Å². The molecule has 2 aliphatic rings. The Balaban J connectivity index is 0.000000170. The van der Waals surface area contributed by atoms with Gasteiger partial charge in [0.25, 0.3) is 0 Å². The fourth-order valence-corrected chi connectivity index (χ4v) is 6.77. The number of H-pyrrole nitrogens is 1. The largest absolute Gasteiger partial charge is 0.469 e. The predicted molar refractivity (Wildman–Crippen MR) is 147 cm³/mol. The summed E-state index contributed by atoms with van der Waals surface area (Å²) in [5, 5.41) is 9.56. The zero-order valence-electron chi connectivity index (χ0n) is 20.7. The number of aromatic nitrogens is 2. The highest BCUT2D eigenvalue weighted by molar-refractivity contribution is 6.35. The first-order valence-electron chi connectivity index (χ1n) is 11.6. The molecule has 2 saturated carbocycles. The molecule has 0 bridgehead atoms. The van der Waals surface area contributed by atoms with E-state index in [1.54, 1.807) is 12.1 Å². The maximum Gasteiger partial charge on any atom is 0.309 e. The molecule has 2 aliphatic carbocycles. The molecule has 0 radical (unpaired) electrons. The van der Waals surface area contributed by atoms with Crippen LogP contribution < -0.4 is 5.73 Å². The lowest BCUT2D eigenvalue weighted by Gasteiger charge is -2.04. The van der Waals surface area contributed by atoms with Crippen molar-refractivity contribution in [2.45, 2.75) is 45.4 Å². The van der Waals surface area contributed by atoms with Crippen LogP contribution in [-0.2, 0) is 9.53 Å². The van der Waals surface area contributed by atoms with Crippen LogP contribution in [0.4, 0.5) is 5.82 Å². The summed E-state index contributed by atoms with van der Waals surface area (Å²) >= 11 is 24.1. The van der Waals surface area contributed by atoms with Crippen LogP contribution in [-0.4, -0.2) is 23.3 Å². The van der Waals surface area contributed by atoms with Gasteiger partial charge in [-0.1, -0.05) is 74.1 Å². The van der Waals surface area contributed by atoms with E-state index in [0.717, 1.165) is 11.3 Å². The standard InChI is InChI=1S/C14H15Cl2N3.C13H14Cl2O2/c1-14(2)12(7-3-8(15)5-9(16)4-7)13(14)10-6-11(17)19-18-10;1-13(2)10(11(13)12(16)17-3)7-4-8(14)6-9(15)5-7/h3-6,12-13H,1-2H3,(H3,17,18,19);4-6,10-11H,1-3H3/t12?,13-;10?,11-/m10/s1. The van der Waals surface area contributed by atoms with Gasteiger partial charge in [-0.25, -0.2) is 0 Å². The topological polar surface area (TPSA) is 81.0 Å². The van der Waals surface area contributed by atoms with Crippen molar-refractivity contribution >= 4 is 58.2 Å². The molecule has 0 saturated heterocycles. The van der Waals surface area contributed by atoms with Crippen molar-refractivity contribution in [3.8, 4) is 0 Å². The van der Waals surface area contributed by atoms with Gasteiger partial charge in [-0.05, 0) is 64.3 Å². The lowest BCUT2D eigenvalue weighted by atomic mass is 10.0. The predicted octanol–water partition coefficient (Wildman–Crippen LogP) is 8.11. The molecule has 0 spiro atoms. The molecule has 192 valence electrons. The summed E-state index contributed by atoms with van der Waals surface area (Å²) < 4.78 is 4.82. The van der Waals surface area contributed by atoms with E-state index >= 15 is 0 Å². The summed E-state index contributed by atoms with van der Waals surface area (Å²) in [6.45, 7) is 8.56. The molecule has 5 rings (SSSR count). The third-order valence-electron chi connectivity index (χ3n) is 7.55. The third-order valence-corrected chi connectivity index (χ3v) is 8.42. The number of hydrogen-bond acceptors (Lipinski definition) is 4. The first-order valence-corrected chi connectivity index (χ1v) is 13.1.